The molecule has 2 N–H and O–H groups in total. The Balaban J connectivity index is 2.02. The number of pyridine rings is 1. The maximum Gasteiger partial charge on any atom is 0.222 e. The number of primary amides is 1. The molecule has 4 heteroatoms. The van der Waals surface area contributed by atoms with Crippen LogP contribution >= 0.6 is 0 Å². The van der Waals surface area contributed by atoms with Crippen LogP contribution in [0.15, 0.2) is 36.5 Å². The smallest absolute Gasteiger partial charge is 0.222 e. The first-order valence-electron chi connectivity index (χ1n) is 7.06. The number of fused-ring (bicyclic) bond motifs is 1. The van der Waals surface area contributed by atoms with Crippen LogP contribution < -0.4 is 10.6 Å². The molecule has 1 aromatic heterocycles. The molecular formula is C16H19N3O. The maximum absolute atomic E-state index is 11.5. The predicted octanol–water partition coefficient (Wildman–Crippen LogP) is 2.33. The van der Waals surface area contributed by atoms with Gasteiger partial charge in [0.25, 0.3) is 0 Å². The van der Waals surface area contributed by atoms with Crippen molar-refractivity contribution in [2.24, 2.45) is 11.7 Å². The van der Waals surface area contributed by atoms with Gasteiger partial charge in [-0.25, -0.2) is 0 Å². The molecule has 0 spiro atoms. The minimum atomic E-state index is -0.194. The lowest BCUT2D eigenvalue weighted by Gasteiger charge is -2.39. The van der Waals surface area contributed by atoms with Gasteiger partial charge in [-0.15, -0.1) is 0 Å². The second-order valence-electron chi connectivity index (χ2n) is 5.53. The van der Waals surface area contributed by atoms with Crippen LogP contribution in [0, 0.1) is 5.92 Å². The molecule has 1 amide bonds. The van der Waals surface area contributed by atoms with Gasteiger partial charge in [0.15, 0.2) is 0 Å². The zero-order valence-corrected chi connectivity index (χ0v) is 11.6. The molecule has 1 fully saturated rings. The number of carbonyl (C=O) groups excluding carboxylic acids is 1. The summed E-state index contributed by atoms with van der Waals surface area (Å²) in [5, 5.41) is 1.13. The van der Waals surface area contributed by atoms with E-state index in [1.807, 2.05) is 30.5 Å². The van der Waals surface area contributed by atoms with E-state index in [4.69, 9.17) is 5.73 Å². The molecule has 0 aliphatic carbocycles. The van der Waals surface area contributed by atoms with Crippen molar-refractivity contribution in [1.82, 2.24) is 4.98 Å². The summed E-state index contributed by atoms with van der Waals surface area (Å²) in [6, 6.07) is 10.6. The van der Waals surface area contributed by atoms with Crippen molar-refractivity contribution < 1.29 is 4.79 Å². The summed E-state index contributed by atoms with van der Waals surface area (Å²) in [6.07, 6.45) is 3.71. The standard InChI is InChI=1S/C16H19N3O/c1-11-6-7-12(16(17)20)10-19(11)15-8-9-18-14-5-3-2-4-13(14)15/h2-5,8-9,11-12H,6-7,10H2,1H3,(H2,17,20). The van der Waals surface area contributed by atoms with Crippen molar-refractivity contribution in [3.05, 3.63) is 36.5 Å². The summed E-state index contributed by atoms with van der Waals surface area (Å²) in [6.45, 7) is 2.90. The summed E-state index contributed by atoms with van der Waals surface area (Å²) in [4.78, 5) is 18.2. The molecule has 4 nitrogen and oxygen atoms in total. The Bertz CT molecular complexity index is 635. The Kier molecular flexibility index (Phi) is 3.30. The first kappa shape index (κ1) is 12.9. The highest BCUT2D eigenvalue weighted by Crippen LogP contribution is 2.32. The van der Waals surface area contributed by atoms with Crippen LogP contribution in [0.5, 0.6) is 0 Å². The number of nitrogens with two attached hydrogens (primary N) is 1. The molecule has 1 aromatic carbocycles. The monoisotopic (exact) mass is 269 g/mol. The minimum Gasteiger partial charge on any atom is -0.369 e. The second-order valence-corrected chi connectivity index (χ2v) is 5.53. The molecule has 2 atom stereocenters. The van der Waals surface area contributed by atoms with Crippen LogP contribution in [-0.4, -0.2) is 23.5 Å². The van der Waals surface area contributed by atoms with E-state index in [1.165, 1.54) is 0 Å². The van der Waals surface area contributed by atoms with Crippen LogP contribution in [0.1, 0.15) is 19.8 Å². The molecule has 20 heavy (non-hydrogen) atoms. The highest BCUT2D eigenvalue weighted by Gasteiger charge is 2.29. The zero-order valence-electron chi connectivity index (χ0n) is 11.6. The third-order valence-corrected chi connectivity index (χ3v) is 4.22. The lowest BCUT2D eigenvalue weighted by atomic mass is 9.92. The topological polar surface area (TPSA) is 59.2 Å². The number of anilines is 1. The lowest BCUT2D eigenvalue weighted by Crippen LogP contribution is -2.46. The first-order chi connectivity index (χ1) is 9.66. The Morgan fingerprint density at radius 2 is 2.10 bits per heavy atom. The van der Waals surface area contributed by atoms with Crippen molar-refractivity contribution in [2.45, 2.75) is 25.8 Å². The Morgan fingerprint density at radius 3 is 2.90 bits per heavy atom. The van der Waals surface area contributed by atoms with E-state index in [0.29, 0.717) is 12.6 Å². The van der Waals surface area contributed by atoms with Crippen LogP contribution in [-0.2, 0) is 4.79 Å². The fourth-order valence-corrected chi connectivity index (χ4v) is 3.01. The summed E-state index contributed by atoms with van der Waals surface area (Å²) in [7, 11) is 0. The van der Waals surface area contributed by atoms with E-state index in [1.54, 1.807) is 0 Å². The number of para-hydroxylation sites is 1. The van der Waals surface area contributed by atoms with Crippen molar-refractivity contribution in [3.63, 3.8) is 0 Å². The molecule has 0 bridgehead atoms. The van der Waals surface area contributed by atoms with E-state index in [-0.39, 0.29) is 11.8 Å². The van der Waals surface area contributed by atoms with E-state index in [0.717, 1.165) is 29.4 Å². The number of rotatable bonds is 2. The summed E-state index contributed by atoms with van der Waals surface area (Å²) >= 11 is 0. The summed E-state index contributed by atoms with van der Waals surface area (Å²) in [5.74, 6) is -0.251. The molecule has 2 unspecified atom stereocenters. The van der Waals surface area contributed by atoms with Gasteiger partial charge in [0, 0.05) is 29.9 Å². The Hall–Kier alpha value is -2.10. The number of aromatic nitrogens is 1. The van der Waals surface area contributed by atoms with Gasteiger partial charge in [-0.1, -0.05) is 18.2 Å². The molecule has 0 radical (unpaired) electrons. The van der Waals surface area contributed by atoms with Crippen LogP contribution in [0.3, 0.4) is 0 Å². The SMILES string of the molecule is CC1CCC(C(N)=O)CN1c1ccnc2ccccc12. The fraction of sp³-hybridized carbons (Fsp3) is 0.375. The van der Waals surface area contributed by atoms with Gasteiger partial charge in [-0.3, -0.25) is 9.78 Å². The zero-order chi connectivity index (χ0) is 14.1. The number of amides is 1. The first-order valence-corrected chi connectivity index (χ1v) is 7.06. The maximum atomic E-state index is 11.5. The number of benzene rings is 1. The highest BCUT2D eigenvalue weighted by molar-refractivity contribution is 5.92. The normalized spacial score (nSPS) is 22.9. The Labute approximate surface area is 118 Å². The van der Waals surface area contributed by atoms with Gasteiger partial charge in [0.05, 0.1) is 11.4 Å². The van der Waals surface area contributed by atoms with Crippen LogP contribution in [0.25, 0.3) is 10.9 Å². The average Bonchev–Trinajstić information content (AvgIpc) is 2.47. The largest absolute Gasteiger partial charge is 0.369 e. The van der Waals surface area contributed by atoms with Crippen molar-refractivity contribution >= 4 is 22.5 Å². The number of hydrogen-bond donors (Lipinski definition) is 1. The molecule has 1 aliphatic rings. The number of hydrogen-bond acceptors (Lipinski definition) is 3. The van der Waals surface area contributed by atoms with E-state index < -0.39 is 0 Å². The minimum absolute atomic E-state index is 0.0573. The van der Waals surface area contributed by atoms with Crippen molar-refractivity contribution in [1.29, 1.82) is 0 Å². The molecule has 1 saturated heterocycles. The van der Waals surface area contributed by atoms with Gasteiger partial charge in [0.2, 0.25) is 5.91 Å². The fourth-order valence-electron chi connectivity index (χ4n) is 3.01. The molecule has 2 heterocycles. The Morgan fingerprint density at radius 1 is 1.30 bits per heavy atom. The lowest BCUT2D eigenvalue weighted by molar-refractivity contribution is -0.122. The highest BCUT2D eigenvalue weighted by atomic mass is 16.1. The molecule has 104 valence electrons. The van der Waals surface area contributed by atoms with Gasteiger partial charge in [-0.2, -0.15) is 0 Å². The van der Waals surface area contributed by atoms with Crippen molar-refractivity contribution in [3.8, 4) is 0 Å². The van der Waals surface area contributed by atoms with E-state index >= 15 is 0 Å². The third-order valence-electron chi connectivity index (χ3n) is 4.22. The summed E-state index contributed by atoms with van der Waals surface area (Å²) < 4.78 is 0. The predicted molar refractivity (Wildman–Crippen MR) is 80.5 cm³/mol. The quantitative estimate of drug-likeness (QED) is 0.910. The third kappa shape index (κ3) is 2.22. The average molecular weight is 269 g/mol. The van der Waals surface area contributed by atoms with Gasteiger partial charge >= 0.3 is 0 Å². The van der Waals surface area contributed by atoms with Gasteiger partial charge in [-0.05, 0) is 31.9 Å². The van der Waals surface area contributed by atoms with Crippen LogP contribution in [0.4, 0.5) is 5.69 Å². The van der Waals surface area contributed by atoms with E-state index in [2.05, 4.69) is 22.9 Å². The number of piperidine rings is 1. The van der Waals surface area contributed by atoms with Crippen molar-refractivity contribution in [2.75, 3.05) is 11.4 Å². The molecule has 1 aliphatic heterocycles. The number of carbonyl (C=O) groups is 1. The second kappa shape index (κ2) is 5.12. The molecule has 2 aromatic rings. The van der Waals surface area contributed by atoms with Gasteiger partial charge in [0.1, 0.15) is 0 Å². The summed E-state index contributed by atoms with van der Waals surface area (Å²) in [5.41, 5.74) is 7.62. The number of nitrogens with zero attached hydrogens (tertiary/aromatic N) is 2. The molecular weight excluding hydrogens is 250 g/mol. The van der Waals surface area contributed by atoms with Crippen LogP contribution in [0.2, 0.25) is 0 Å². The molecule has 0 saturated carbocycles. The van der Waals surface area contributed by atoms with E-state index in [9.17, 15) is 4.79 Å². The van der Waals surface area contributed by atoms with Gasteiger partial charge < -0.3 is 10.6 Å². The molecule has 3 rings (SSSR count).